The molecule has 160 valence electrons. The average Bonchev–Trinajstić information content (AvgIpc) is 2.82. The SMILES string of the molecule is CN(c1ccccc1)S(=O)(=O)c1cccc(C(=O)OCCOC(=O)c2ccccc2)c1. The average molecular weight is 439 g/mol. The van der Waals surface area contributed by atoms with Gasteiger partial charge in [-0.05, 0) is 42.5 Å². The molecule has 0 N–H and O–H groups in total. The molecule has 0 amide bonds. The van der Waals surface area contributed by atoms with Gasteiger partial charge in [-0.25, -0.2) is 18.0 Å². The van der Waals surface area contributed by atoms with Gasteiger partial charge in [0.25, 0.3) is 10.0 Å². The van der Waals surface area contributed by atoms with Gasteiger partial charge in [-0.2, -0.15) is 0 Å². The summed E-state index contributed by atoms with van der Waals surface area (Å²) in [7, 11) is -2.42. The molecule has 0 atom stereocenters. The number of sulfonamides is 1. The van der Waals surface area contributed by atoms with E-state index in [4.69, 9.17) is 9.47 Å². The minimum Gasteiger partial charge on any atom is -0.458 e. The highest BCUT2D eigenvalue weighted by Crippen LogP contribution is 2.22. The Morgan fingerprint density at radius 3 is 1.87 bits per heavy atom. The highest BCUT2D eigenvalue weighted by atomic mass is 32.2. The maximum Gasteiger partial charge on any atom is 0.338 e. The summed E-state index contributed by atoms with van der Waals surface area (Å²) in [5, 5.41) is 0. The second kappa shape index (κ2) is 9.90. The molecule has 3 aromatic carbocycles. The molecule has 0 saturated carbocycles. The molecule has 0 heterocycles. The van der Waals surface area contributed by atoms with Crippen molar-refractivity contribution in [2.45, 2.75) is 4.90 Å². The van der Waals surface area contributed by atoms with E-state index in [0.717, 1.165) is 4.31 Å². The summed E-state index contributed by atoms with van der Waals surface area (Å²) in [5.74, 6) is -1.23. The summed E-state index contributed by atoms with van der Waals surface area (Å²) in [4.78, 5) is 24.1. The Bertz CT molecular complexity index is 1150. The van der Waals surface area contributed by atoms with E-state index in [1.54, 1.807) is 60.7 Å². The monoisotopic (exact) mass is 439 g/mol. The van der Waals surface area contributed by atoms with E-state index >= 15 is 0 Å². The molecule has 0 aliphatic rings. The van der Waals surface area contributed by atoms with E-state index in [1.165, 1.54) is 31.3 Å². The van der Waals surface area contributed by atoms with Gasteiger partial charge in [0.1, 0.15) is 13.2 Å². The number of hydrogen-bond donors (Lipinski definition) is 0. The van der Waals surface area contributed by atoms with Crippen LogP contribution >= 0.6 is 0 Å². The smallest absolute Gasteiger partial charge is 0.338 e. The molecule has 3 aromatic rings. The van der Waals surface area contributed by atoms with Crippen LogP contribution in [-0.2, 0) is 19.5 Å². The Morgan fingerprint density at radius 2 is 1.26 bits per heavy atom. The molecule has 0 spiro atoms. The van der Waals surface area contributed by atoms with Crippen molar-refractivity contribution >= 4 is 27.6 Å². The number of esters is 2. The molecule has 0 bridgehead atoms. The van der Waals surface area contributed by atoms with Crippen molar-refractivity contribution in [1.29, 1.82) is 0 Å². The maximum atomic E-state index is 12.9. The molecule has 0 fully saturated rings. The zero-order chi connectivity index (χ0) is 22.3. The summed E-state index contributed by atoms with van der Waals surface area (Å²) in [6.45, 7) is -0.271. The fraction of sp³-hybridized carbons (Fsp3) is 0.130. The number of carbonyl (C=O) groups excluding carboxylic acids is 2. The van der Waals surface area contributed by atoms with E-state index in [2.05, 4.69) is 0 Å². The maximum absolute atomic E-state index is 12.9. The van der Waals surface area contributed by atoms with Crippen molar-refractivity contribution in [3.05, 3.63) is 96.1 Å². The molecule has 31 heavy (non-hydrogen) atoms. The topological polar surface area (TPSA) is 90.0 Å². The summed E-state index contributed by atoms with van der Waals surface area (Å²) in [6, 6.07) is 22.7. The van der Waals surface area contributed by atoms with Crippen LogP contribution in [0, 0.1) is 0 Å². The van der Waals surface area contributed by atoms with Gasteiger partial charge in [0, 0.05) is 7.05 Å². The zero-order valence-electron chi connectivity index (χ0n) is 16.8. The number of nitrogens with zero attached hydrogens (tertiary/aromatic N) is 1. The van der Waals surface area contributed by atoms with Gasteiger partial charge in [-0.15, -0.1) is 0 Å². The van der Waals surface area contributed by atoms with Crippen molar-refractivity contribution < 1.29 is 27.5 Å². The second-order valence-corrected chi connectivity index (χ2v) is 8.44. The largest absolute Gasteiger partial charge is 0.458 e. The lowest BCUT2D eigenvalue weighted by molar-refractivity contribution is 0.0265. The molecule has 7 nitrogen and oxygen atoms in total. The second-order valence-electron chi connectivity index (χ2n) is 6.47. The van der Waals surface area contributed by atoms with Crippen LogP contribution in [0.25, 0.3) is 0 Å². The number of anilines is 1. The first kappa shape index (κ1) is 22.0. The minimum absolute atomic E-state index is 0.0381. The first-order valence-electron chi connectivity index (χ1n) is 9.43. The lowest BCUT2D eigenvalue weighted by Crippen LogP contribution is -2.26. The van der Waals surface area contributed by atoms with E-state index in [1.807, 2.05) is 0 Å². The van der Waals surface area contributed by atoms with Crippen LogP contribution in [0.3, 0.4) is 0 Å². The summed E-state index contributed by atoms with van der Waals surface area (Å²) in [6.07, 6.45) is 0. The molecule has 0 aliphatic heterocycles. The molecular weight excluding hydrogens is 418 g/mol. The van der Waals surface area contributed by atoms with Crippen molar-refractivity contribution in [3.8, 4) is 0 Å². The predicted molar refractivity (Wildman–Crippen MR) is 115 cm³/mol. The highest BCUT2D eigenvalue weighted by Gasteiger charge is 2.22. The van der Waals surface area contributed by atoms with Crippen molar-refractivity contribution in [2.75, 3.05) is 24.6 Å². The molecule has 0 unspecified atom stereocenters. The van der Waals surface area contributed by atoms with Gasteiger partial charge in [0.2, 0.25) is 0 Å². The zero-order valence-corrected chi connectivity index (χ0v) is 17.6. The lowest BCUT2D eigenvalue weighted by Gasteiger charge is -2.19. The molecule has 0 aromatic heterocycles. The molecular formula is C23H21NO6S. The van der Waals surface area contributed by atoms with Gasteiger partial charge in [-0.3, -0.25) is 4.31 Å². The highest BCUT2D eigenvalue weighted by molar-refractivity contribution is 7.92. The van der Waals surface area contributed by atoms with Gasteiger partial charge in [0.05, 0.1) is 21.7 Å². The third kappa shape index (κ3) is 5.49. The van der Waals surface area contributed by atoms with Gasteiger partial charge >= 0.3 is 11.9 Å². The van der Waals surface area contributed by atoms with Crippen molar-refractivity contribution in [1.82, 2.24) is 0 Å². The Kier molecular flexibility index (Phi) is 7.04. The molecule has 0 aliphatic carbocycles. The fourth-order valence-electron chi connectivity index (χ4n) is 2.73. The quantitative estimate of drug-likeness (QED) is 0.394. The Labute approximate surface area is 180 Å². The van der Waals surface area contributed by atoms with Crippen molar-refractivity contribution in [3.63, 3.8) is 0 Å². The molecule has 3 rings (SSSR count). The molecule has 0 saturated heterocycles. The van der Waals surface area contributed by atoms with Crippen LogP contribution < -0.4 is 4.31 Å². The first-order chi connectivity index (χ1) is 14.9. The Morgan fingerprint density at radius 1 is 0.742 bits per heavy atom. The number of rotatable bonds is 8. The summed E-state index contributed by atoms with van der Waals surface area (Å²) >= 11 is 0. The summed E-state index contributed by atoms with van der Waals surface area (Å²) in [5.41, 5.74) is 0.974. The molecule has 8 heteroatoms. The first-order valence-corrected chi connectivity index (χ1v) is 10.9. The number of ether oxygens (including phenoxy) is 2. The minimum atomic E-state index is -3.86. The van der Waals surface area contributed by atoms with Crippen LogP contribution in [-0.4, -0.2) is 40.6 Å². The van der Waals surface area contributed by atoms with E-state index < -0.39 is 22.0 Å². The number of para-hydroxylation sites is 1. The Balaban J connectivity index is 1.60. The van der Waals surface area contributed by atoms with Gasteiger partial charge in [0.15, 0.2) is 0 Å². The number of carbonyl (C=O) groups is 2. The van der Waals surface area contributed by atoms with Crippen LogP contribution in [0.4, 0.5) is 5.69 Å². The summed E-state index contributed by atoms with van der Waals surface area (Å²) < 4.78 is 37.1. The Hall–Kier alpha value is -3.65. The number of benzene rings is 3. The molecule has 0 radical (unpaired) electrons. The lowest BCUT2D eigenvalue weighted by atomic mass is 10.2. The van der Waals surface area contributed by atoms with E-state index in [-0.39, 0.29) is 23.7 Å². The van der Waals surface area contributed by atoms with E-state index in [9.17, 15) is 18.0 Å². The van der Waals surface area contributed by atoms with Gasteiger partial charge in [-0.1, -0.05) is 42.5 Å². The van der Waals surface area contributed by atoms with Crippen LogP contribution in [0.2, 0.25) is 0 Å². The van der Waals surface area contributed by atoms with Crippen LogP contribution in [0.15, 0.2) is 89.8 Å². The van der Waals surface area contributed by atoms with Crippen molar-refractivity contribution in [2.24, 2.45) is 0 Å². The van der Waals surface area contributed by atoms with Gasteiger partial charge < -0.3 is 9.47 Å². The standard InChI is InChI=1S/C23H21NO6S/c1-24(20-12-6-3-7-13-20)31(27,28)21-14-8-11-19(17-21)23(26)30-16-15-29-22(25)18-9-4-2-5-10-18/h2-14,17H,15-16H2,1H3. The van der Waals surface area contributed by atoms with E-state index in [0.29, 0.717) is 11.3 Å². The fourth-order valence-corrected chi connectivity index (χ4v) is 3.97. The third-order valence-corrected chi connectivity index (χ3v) is 6.19. The number of hydrogen-bond acceptors (Lipinski definition) is 6. The normalized spacial score (nSPS) is 10.9. The third-order valence-electron chi connectivity index (χ3n) is 4.41. The predicted octanol–water partition coefficient (Wildman–Crippen LogP) is 3.53. The van der Waals surface area contributed by atoms with Crippen LogP contribution in [0.1, 0.15) is 20.7 Å². The van der Waals surface area contributed by atoms with Crippen LogP contribution in [0.5, 0.6) is 0 Å².